The van der Waals surface area contributed by atoms with E-state index in [1.807, 2.05) is 0 Å². The molecule has 0 aromatic carbocycles. The lowest BCUT2D eigenvalue weighted by atomic mass is 9.88. The number of rotatable bonds is 8. The molecular weight excluding hydrogens is 248 g/mol. The van der Waals surface area contributed by atoms with Gasteiger partial charge in [-0.1, -0.05) is 41.0 Å². The summed E-state index contributed by atoms with van der Waals surface area (Å²) >= 11 is 0. The largest absolute Gasteiger partial charge is 0.349 e. The first-order valence-electron chi connectivity index (χ1n) is 6.95. The van der Waals surface area contributed by atoms with Crippen LogP contribution in [0.25, 0.3) is 0 Å². The number of hydrogen-bond acceptors (Lipinski definition) is 2. The van der Waals surface area contributed by atoms with Gasteiger partial charge in [0.1, 0.15) is 0 Å². The van der Waals surface area contributed by atoms with Crippen molar-refractivity contribution < 1.29 is 4.79 Å². The van der Waals surface area contributed by atoms with Gasteiger partial charge < -0.3 is 11.1 Å². The molecule has 0 aromatic heterocycles. The highest BCUT2D eigenvalue weighted by Crippen LogP contribution is 2.20. The SMILES string of the molecule is CCC(CC(=O)NC(CC)(CC)CN)C(C)C.Cl. The summed E-state index contributed by atoms with van der Waals surface area (Å²) in [6.07, 6.45) is 3.46. The molecule has 18 heavy (non-hydrogen) atoms. The smallest absolute Gasteiger partial charge is 0.220 e. The summed E-state index contributed by atoms with van der Waals surface area (Å²) in [5.41, 5.74) is 5.58. The van der Waals surface area contributed by atoms with Gasteiger partial charge in [0.2, 0.25) is 5.91 Å². The monoisotopic (exact) mass is 278 g/mol. The number of halogens is 1. The second kappa shape index (κ2) is 9.62. The molecule has 0 saturated carbocycles. The molecule has 1 unspecified atom stereocenters. The van der Waals surface area contributed by atoms with Crippen molar-refractivity contribution in [2.75, 3.05) is 6.54 Å². The lowest BCUT2D eigenvalue weighted by Gasteiger charge is -2.32. The third-order valence-corrected chi connectivity index (χ3v) is 4.06. The Morgan fingerprint density at radius 1 is 1.22 bits per heavy atom. The van der Waals surface area contributed by atoms with Gasteiger partial charge >= 0.3 is 0 Å². The molecule has 1 amide bonds. The van der Waals surface area contributed by atoms with E-state index >= 15 is 0 Å². The van der Waals surface area contributed by atoms with Crippen molar-refractivity contribution in [3.05, 3.63) is 0 Å². The van der Waals surface area contributed by atoms with Crippen LogP contribution >= 0.6 is 12.4 Å². The molecule has 0 spiro atoms. The number of hydrogen-bond donors (Lipinski definition) is 2. The van der Waals surface area contributed by atoms with Crippen molar-refractivity contribution in [1.29, 1.82) is 0 Å². The molecule has 0 aromatic rings. The molecule has 3 nitrogen and oxygen atoms in total. The molecule has 110 valence electrons. The number of amides is 1. The van der Waals surface area contributed by atoms with Crippen molar-refractivity contribution in [3.8, 4) is 0 Å². The third kappa shape index (κ3) is 6.05. The van der Waals surface area contributed by atoms with E-state index in [4.69, 9.17) is 5.73 Å². The molecule has 0 bridgehead atoms. The molecule has 3 N–H and O–H groups in total. The van der Waals surface area contributed by atoms with Gasteiger partial charge in [-0.25, -0.2) is 0 Å². The fraction of sp³-hybridized carbons (Fsp3) is 0.929. The van der Waals surface area contributed by atoms with Gasteiger partial charge in [0, 0.05) is 13.0 Å². The Morgan fingerprint density at radius 2 is 1.72 bits per heavy atom. The summed E-state index contributed by atoms with van der Waals surface area (Å²) in [5, 5.41) is 3.14. The predicted molar refractivity (Wildman–Crippen MR) is 81.0 cm³/mol. The van der Waals surface area contributed by atoms with E-state index in [1.54, 1.807) is 0 Å². The van der Waals surface area contributed by atoms with Crippen molar-refractivity contribution in [2.24, 2.45) is 17.6 Å². The Balaban J connectivity index is 0. The predicted octanol–water partition coefficient (Wildman–Crippen LogP) is 3.11. The highest BCUT2D eigenvalue weighted by atomic mass is 35.5. The van der Waals surface area contributed by atoms with Crippen LogP contribution in [-0.2, 0) is 4.79 Å². The van der Waals surface area contributed by atoms with E-state index < -0.39 is 0 Å². The van der Waals surface area contributed by atoms with Crippen molar-refractivity contribution in [2.45, 2.75) is 65.8 Å². The summed E-state index contributed by atoms with van der Waals surface area (Å²) in [4.78, 5) is 12.0. The first-order chi connectivity index (χ1) is 7.94. The molecule has 0 aliphatic rings. The summed E-state index contributed by atoms with van der Waals surface area (Å²) in [6.45, 7) is 11.2. The van der Waals surface area contributed by atoms with Crippen LogP contribution in [0, 0.1) is 11.8 Å². The second-order valence-corrected chi connectivity index (χ2v) is 5.36. The molecule has 0 fully saturated rings. The van der Waals surface area contributed by atoms with Crippen molar-refractivity contribution in [3.63, 3.8) is 0 Å². The van der Waals surface area contributed by atoms with Crippen LogP contribution in [0.4, 0.5) is 0 Å². The lowest BCUT2D eigenvalue weighted by molar-refractivity contribution is -0.124. The number of nitrogens with one attached hydrogen (secondary N) is 1. The normalized spacial score (nSPS) is 13.1. The quantitative estimate of drug-likeness (QED) is 0.717. The van der Waals surface area contributed by atoms with Gasteiger partial charge in [0.05, 0.1) is 5.54 Å². The fourth-order valence-corrected chi connectivity index (χ4v) is 2.20. The standard InChI is InChI=1S/C14H30N2O.ClH/c1-6-12(11(4)5)9-13(17)16-14(7-2,8-3)10-15;/h11-12H,6-10,15H2,1-5H3,(H,16,17);1H. The van der Waals surface area contributed by atoms with Gasteiger partial charge in [-0.05, 0) is 24.7 Å². The zero-order valence-electron chi connectivity index (χ0n) is 12.6. The van der Waals surface area contributed by atoms with E-state index in [2.05, 4.69) is 39.9 Å². The molecular formula is C14H31ClN2O. The molecule has 0 aliphatic carbocycles. The van der Waals surface area contributed by atoms with E-state index in [-0.39, 0.29) is 23.9 Å². The maximum Gasteiger partial charge on any atom is 0.220 e. The summed E-state index contributed by atoms with van der Waals surface area (Å²) in [6, 6.07) is 0. The average Bonchev–Trinajstić information content (AvgIpc) is 2.32. The maximum atomic E-state index is 12.0. The highest BCUT2D eigenvalue weighted by Gasteiger charge is 2.27. The van der Waals surface area contributed by atoms with Crippen LogP contribution in [0.15, 0.2) is 0 Å². The molecule has 0 rings (SSSR count). The molecule has 0 heterocycles. The number of nitrogens with two attached hydrogens (primary N) is 1. The minimum absolute atomic E-state index is 0. The zero-order valence-corrected chi connectivity index (χ0v) is 13.4. The van der Waals surface area contributed by atoms with Crippen LogP contribution in [0.5, 0.6) is 0 Å². The third-order valence-electron chi connectivity index (χ3n) is 4.06. The van der Waals surface area contributed by atoms with E-state index in [0.29, 0.717) is 24.8 Å². The Kier molecular flexibility index (Phi) is 10.7. The van der Waals surface area contributed by atoms with Crippen LogP contribution in [0.2, 0.25) is 0 Å². The molecule has 4 heteroatoms. The number of carbonyl (C=O) groups excluding carboxylic acids is 1. The van der Waals surface area contributed by atoms with Crippen molar-refractivity contribution >= 4 is 18.3 Å². The molecule has 0 aliphatic heterocycles. The summed E-state index contributed by atoms with van der Waals surface area (Å²) < 4.78 is 0. The average molecular weight is 279 g/mol. The van der Waals surface area contributed by atoms with E-state index in [9.17, 15) is 4.79 Å². The van der Waals surface area contributed by atoms with Crippen LogP contribution in [0.1, 0.15) is 60.3 Å². The lowest BCUT2D eigenvalue weighted by Crippen LogP contribution is -2.53. The Labute approximate surface area is 119 Å². The minimum atomic E-state index is -0.202. The van der Waals surface area contributed by atoms with Gasteiger partial charge in [-0.3, -0.25) is 4.79 Å². The first-order valence-corrected chi connectivity index (χ1v) is 6.95. The Morgan fingerprint density at radius 3 is 2.00 bits per heavy atom. The van der Waals surface area contributed by atoms with Crippen LogP contribution in [0.3, 0.4) is 0 Å². The zero-order chi connectivity index (χ0) is 13.5. The Hall–Kier alpha value is -0.280. The summed E-state index contributed by atoms with van der Waals surface area (Å²) in [7, 11) is 0. The van der Waals surface area contributed by atoms with Gasteiger partial charge in [-0.15, -0.1) is 12.4 Å². The maximum absolute atomic E-state index is 12.0. The van der Waals surface area contributed by atoms with Gasteiger partial charge in [0.25, 0.3) is 0 Å². The topological polar surface area (TPSA) is 55.1 Å². The van der Waals surface area contributed by atoms with E-state index in [0.717, 1.165) is 19.3 Å². The first kappa shape index (κ1) is 20.0. The van der Waals surface area contributed by atoms with Crippen LogP contribution in [-0.4, -0.2) is 18.0 Å². The van der Waals surface area contributed by atoms with Crippen molar-refractivity contribution in [1.82, 2.24) is 5.32 Å². The van der Waals surface area contributed by atoms with E-state index in [1.165, 1.54) is 0 Å². The summed E-state index contributed by atoms with van der Waals surface area (Å²) in [5.74, 6) is 1.18. The fourth-order valence-electron chi connectivity index (χ4n) is 2.20. The van der Waals surface area contributed by atoms with Gasteiger partial charge in [-0.2, -0.15) is 0 Å². The molecule has 0 saturated heterocycles. The Bertz CT molecular complexity index is 220. The second-order valence-electron chi connectivity index (χ2n) is 5.36. The molecule has 1 atom stereocenters. The van der Waals surface area contributed by atoms with Gasteiger partial charge in [0.15, 0.2) is 0 Å². The van der Waals surface area contributed by atoms with Crippen LogP contribution < -0.4 is 11.1 Å². The molecule has 0 radical (unpaired) electrons. The number of carbonyl (C=O) groups is 1. The highest BCUT2D eigenvalue weighted by molar-refractivity contribution is 5.85. The minimum Gasteiger partial charge on any atom is -0.349 e.